The second-order valence-electron chi connectivity index (χ2n) is 14.2. The summed E-state index contributed by atoms with van der Waals surface area (Å²) in [7, 11) is 1.29. The van der Waals surface area contributed by atoms with Crippen molar-refractivity contribution in [1.82, 2.24) is 35.1 Å². The number of likely N-dealkylation sites (tertiary alicyclic amines) is 2. The molecule has 11 heteroatoms. The first-order valence-corrected chi connectivity index (χ1v) is 17.9. The van der Waals surface area contributed by atoms with Crippen molar-refractivity contribution in [3.8, 4) is 34.4 Å². The molecule has 2 fully saturated rings. The van der Waals surface area contributed by atoms with Crippen LogP contribution in [-0.4, -0.2) is 73.9 Å². The van der Waals surface area contributed by atoms with Gasteiger partial charge < -0.3 is 29.8 Å². The van der Waals surface area contributed by atoms with Crippen LogP contribution < -0.4 is 5.32 Å². The van der Waals surface area contributed by atoms with Gasteiger partial charge in [-0.15, -0.1) is 0 Å². The lowest BCUT2D eigenvalue weighted by Gasteiger charge is -2.30. The number of carbonyl (C=O) groups excluding carboxylic acids is 3. The minimum atomic E-state index is -0.686. The van der Waals surface area contributed by atoms with E-state index in [0.717, 1.165) is 77.5 Å². The van der Waals surface area contributed by atoms with Crippen LogP contribution in [0.1, 0.15) is 94.7 Å². The molecule has 11 nitrogen and oxygen atoms in total. The summed E-state index contributed by atoms with van der Waals surface area (Å²) >= 11 is 0. The van der Waals surface area contributed by atoms with Gasteiger partial charge in [-0.1, -0.05) is 63.8 Å². The molecule has 0 radical (unpaired) electrons. The SMILES string of the molecule is COC(=O)N[C@H](C(=O)N1CCC[C@H]1c1ncc(-c2cccc(C#Cc3cccc(-c4cnc([C@@H]5CCCN5C(=O)CC(C)C)[nH]4)c3)c2)[nH]1)C(C)C. The summed E-state index contributed by atoms with van der Waals surface area (Å²) in [5.41, 5.74) is 5.39. The van der Waals surface area contributed by atoms with Gasteiger partial charge in [0.2, 0.25) is 11.8 Å². The van der Waals surface area contributed by atoms with Gasteiger partial charge in [0.05, 0.1) is 43.0 Å². The summed E-state index contributed by atoms with van der Waals surface area (Å²) in [6.07, 6.45) is 7.09. The van der Waals surface area contributed by atoms with E-state index in [1.54, 1.807) is 6.20 Å². The van der Waals surface area contributed by atoms with E-state index in [2.05, 4.69) is 50.9 Å². The zero-order chi connectivity index (χ0) is 36.1. The Morgan fingerprint density at radius 1 is 0.843 bits per heavy atom. The van der Waals surface area contributed by atoms with E-state index in [9.17, 15) is 14.4 Å². The van der Waals surface area contributed by atoms with Crippen LogP contribution in [0.2, 0.25) is 0 Å². The van der Waals surface area contributed by atoms with Crippen LogP contribution in [0.25, 0.3) is 22.5 Å². The Kier molecular flexibility index (Phi) is 10.9. The largest absolute Gasteiger partial charge is 0.453 e. The van der Waals surface area contributed by atoms with Crippen LogP contribution in [0, 0.1) is 23.7 Å². The number of H-pyrrole nitrogens is 2. The fourth-order valence-corrected chi connectivity index (χ4v) is 6.99. The number of amides is 3. The fourth-order valence-electron chi connectivity index (χ4n) is 6.99. The van der Waals surface area contributed by atoms with Crippen molar-refractivity contribution >= 4 is 17.9 Å². The summed E-state index contributed by atoms with van der Waals surface area (Å²) < 4.78 is 4.75. The van der Waals surface area contributed by atoms with Crippen LogP contribution >= 0.6 is 0 Å². The van der Waals surface area contributed by atoms with Crippen molar-refractivity contribution in [1.29, 1.82) is 0 Å². The average Bonchev–Trinajstić information content (AvgIpc) is 3.95. The van der Waals surface area contributed by atoms with Gasteiger partial charge in [0.15, 0.2) is 0 Å². The van der Waals surface area contributed by atoms with Crippen LogP contribution in [0.4, 0.5) is 4.79 Å². The van der Waals surface area contributed by atoms with Gasteiger partial charge in [-0.05, 0) is 61.8 Å². The molecule has 4 heterocycles. The predicted molar refractivity (Wildman–Crippen MR) is 195 cm³/mol. The standard InChI is InChI=1S/C40H47N7O4/c1-25(2)20-35(48)46-18-8-14-33(46)37-41-23-31(43-37)29-12-6-10-27(21-29)16-17-28-11-7-13-30(22-28)32-24-42-38(44-32)34-15-9-19-47(34)39(49)36(26(3)4)45-40(50)51-5/h6-7,10-13,21-26,33-34,36H,8-9,14-15,18-20H2,1-5H3,(H,41,43)(H,42,44)(H,45,50)/t33-,34-,36-/m0/s1. The van der Waals surface area contributed by atoms with Crippen molar-refractivity contribution in [3.63, 3.8) is 0 Å². The number of nitrogens with one attached hydrogen (secondary N) is 3. The number of imidazole rings is 2. The summed E-state index contributed by atoms with van der Waals surface area (Å²) in [6, 6.07) is 15.1. The smallest absolute Gasteiger partial charge is 0.407 e. The van der Waals surface area contributed by atoms with E-state index in [1.807, 2.05) is 78.4 Å². The first-order chi connectivity index (χ1) is 24.6. The highest BCUT2D eigenvalue weighted by Crippen LogP contribution is 2.34. The molecule has 0 bridgehead atoms. The lowest BCUT2D eigenvalue weighted by atomic mass is 10.0. The van der Waals surface area contributed by atoms with E-state index in [1.165, 1.54) is 7.11 Å². The number of rotatable bonds is 9. The molecule has 51 heavy (non-hydrogen) atoms. The van der Waals surface area contributed by atoms with Crippen LogP contribution in [-0.2, 0) is 14.3 Å². The molecule has 6 rings (SSSR count). The van der Waals surface area contributed by atoms with Gasteiger partial charge in [0, 0.05) is 41.8 Å². The number of aromatic amines is 2. The number of benzene rings is 2. The maximum Gasteiger partial charge on any atom is 0.407 e. The molecule has 0 spiro atoms. The summed E-state index contributed by atoms with van der Waals surface area (Å²) in [4.78, 5) is 58.4. The van der Waals surface area contributed by atoms with E-state index in [-0.39, 0.29) is 29.8 Å². The predicted octanol–water partition coefficient (Wildman–Crippen LogP) is 6.62. The molecule has 0 aliphatic carbocycles. The molecule has 2 aliphatic rings. The van der Waals surface area contributed by atoms with Gasteiger partial charge >= 0.3 is 6.09 Å². The lowest BCUT2D eigenvalue weighted by Crippen LogP contribution is -2.51. The van der Waals surface area contributed by atoms with Crippen molar-refractivity contribution in [2.75, 3.05) is 20.2 Å². The van der Waals surface area contributed by atoms with Gasteiger partial charge in [0.1, 0.15) is 17.7 Å². The molecular weight excluding hydrogens is 642 g/mol. The van der Waals surface area contributed by atoms with Gasteiger partial charge in [-0.2, -0.15) is 0 Å². The molecule has 2 aromatic carbocycles. The first-order valence-electron chi connectivity index (χ1n) is 17.9. The normalized spacial score (nSPS) is 17.8. The third-order valence-corrected chi connectivity index (χ3v) is 9.60. The topological polar surface area (TPSA) is 136 Å². The van der Waals surface area contributed by atoms with Gasteiger partial charge in [0.25, 0.3) is 0 Å². The average molecular weight is 690 g/mol. The maximum absolute atomic E-state index is 13.5. The number of methoxy groups -OCH3 is 1. The summed E-state index contributed by atoms with van der Waals surface area (Å²) in [5.74, 6) is 8.44. The van der Waals surface area contributed by atoms with E-state index < -0.39 is 12.1 Å². The van der Waals surface area contributed by atoms with E-state index in [4.69, 9.17) is 4.74 Å². The van der Waals surface area contributed by atoms with Gasteiger partial charge in [-0.25, -0.2) is 14.8 Å². The molecule has 3 amide bonds. The Hall–Kier alpha value is -5.37. The van der Waals surface area contributed by atoms with Crippen LogP contribution in [0.15, 0.2) is 60.9 Å². The van der Waals surface area contributed by atoms with Crippen molar-refractivity contribution in [2.24, 2.45) is 11.8 Å². The molecule has 3 atom stereocenters. The Morgan fingerprint density at radius 2 is 1.37 bits per heavy atom. The van der Waals surface area contributed by atoms with E-state index >= 15 is 0 Å². The molecule has 2 saturated heterocycles. The van der Waals surface area contributed by atoms with Crippen molar-refractivity contribution in [2.45, 2.75) is 77.9 Å². The Balaban J connectivity index is 1.15. The molecule has 4 aromatic rings. The highest BCUT2D eigenvalue weighted by molar-refractivity contribution is 5.86. The quantitative estimate of drug-likeness (QED) is 0.169. The monoisotopic (exact) mass is 689 g/mol. The maximum atomic E-state index is 13.5. The summed E-state index contributed by atoms with van der Waals surface area (Å²) in [6.45, 7) is 9.32. The minimum absolute atomic E-state index is 0.0154. The third kappa shape index (κ3) is 8.17. The summed E-state index contributed by atoms with van der Waals surface area (Å²) in [5, 5.41) is 2.70. The Morgan fingerprint density at radius 3 is 1.88 bits per heavy atom. The Bertz CT molecular complexity index is 1930. The number of ether oxygens (including phenoxy) is 1. The number of carbonyl (C=O) groups is 3. The van der Waals surface area contributed by atoms with Crippen LogP contribution in [0.5, 0.6) is 0 Å². The number of hydrogen-bond acceptors (Lipinski definition) is 6. The highest BCUT2D eigenvalue weighted by Gasteiger charge is 2.37. The first kappa shape index (κ1) is 35.5. The molecule has 2 aromatic heterocycles. The fraction of sp³-hybridized carbons (Fsp3) is 0.425. The third-order valence-electron chi connectivity index (χ3n) is 9.60. The lowest BCUT2D eigenvalue weighted by molar-refractivity contribution is -0.135. The van der Waals surface area contributed by atoms with Gasteiger partial charge in [-0.3, -0.25) is 9.59 Å². The second-order valence-corrected chi connectivity index (χ2v) is 14.2. The minimum Gasteiger partial charge on any atom is -0.453 e. The number of alkyl carbamates (subject to hydrolysis) is 1. The van der Waals surface area contributed by atoms with Crippen molar-refractivity contribution in [3.05, 3.63) is 83.7 Å². The zero-order valence-corrected chi connectivity index (χ0v) is 30.0. The molecule has 0 unspecified atom stereocenters. The van der Waals surface area contributed by atoms with E-state index in [0.29, 0.717) is 18.9 Å². The molecule has 2 aliphatic heterocycles. The Labute approximate surface area is 299 Å². The molecule has 266 valence electrons. The highest BCUT2D eigenvalue weighted by atomic mass is 16.5. The molecular formula is C40H47N7O4. The zero-order valence-electron chi connectivity index (χ0n) is 30.0. The van der Waals surface area contributed by atoms with Crippen LogP contribution in [0.3, 0.4) is 0 Å². The number of hydrogen-bond donors (Lipinski definition) is 3. The van der Waals surface area contributed by atoms with Crippen molar-refractivity contribution < 1.29 is 19.1 Å². The molecule has 0 saturated carbocycles. The second kappa shape index (κ2) is 15.7. The number of aromatic nitrogens is 4. The molecule has 3 N–H and O–H groups in total. The number of nitrogens with zero attached hydrogens (tertiary/aromatic N) is 4.